The van der Waals surface area contributed by atoms with Crippen molar-refractivity contribution in [1.29, 1.82) is 0 Å². The van der Waals surface area contributed by atoms with E-state index in [0.29, 0.717) is 6.61 Å². The molecule has 0 aliphatic heterocycles. The van der Waals surface area contributed by atoms with Gasteiger partial charge in [-0.25, -0.2) is 4.98 Å². The minimum atomic E-state index is 0.606. The third kappa shape index (κ3) is 4.18. The summed E-state index contributed by atoms with van der Waals surface area (Å²) in [5.41, 5.74) is 6.75. The zero-order chi connectivity index (χ0) is 23.8. The molecule has 8 heteroatoms. The summed E-state index contributed by atoms with van der Waals surface area (Å²) in [4.78, 5) is 15.9. The third-order valence-corrected chi connectivity index (χ3v) is 6.88. The molecule has 0 amide bonds. The largest absolute Gasteiger partial charge is 0.491 e. The van der Waals surface area contributed by atoms with Gasteiger partial charge in [0.05, 0.1) is 11.9 Å². The lowest BCUT2D eigenvalue weighted by molar-refractivity contribution is 0.261. The number of aromatic nitrogens is 5. The fourth-order valence-electron chi connectivity index (χ4n) is 4.20. The van der Waals surface area contributed by atoms with E-state index in [0.717, 1.165) is 51.4 Å². The van der Waals surface area contributed by atoms with Gasteiger partial charge in [0.25, 0.3) is 0 Å². The average molecular weight is 481 g/mol. The van der Waals surface area contributed by atoms with E-state index in [4.69, 9.17) is 4.74 Å². The summed E-state index contributed by atoms with van der Waals surface area (Å²) in [6.45, 7) is 1.45. The Labute approximate surface area is 206 Å². The SMILES string of the molecule is CN(C)CCOc1cncc(-c2cnc3[nH]nc(-c4cc5c(-c6cccs6)cccc5[nH]4)c3c2)c1. The van der Waals surface area contributed by atoms with Gasteiger partial charge in [-0.2, -0.15) is 5.10 Å². The highest BCUT2D eigenvalue weighted by atomic mass is 32.1. The molecular formula is C27H24N6OS. The molecule has 0 aliphatic rings. The Kier molecular flexibility index (Phi) is 5.52. The molecule has 6 rings (SSSR count). The fraction of sp³-hybridized carbons (Fsp3) is 0.148. The lowest BCUT2D eigenvalue weighted by Gasteiger charge is -2.11. The second-order valence-corrected chi connectivity index (χ2v) is 9.63. The van der Waals surface area contributed by atoms with Gasteiger partial charge in [0.2, 0.25) is 0 Å². The van der Waals surface area contributed by atoms with Crippen molar-refractivity contribution in [2.45, 2.75) is 0 Å². The molecule has 6 aromatic rings. The maximum absolute atomic E-state index is 5.87. The Hall–Kier alpha value is -4.01. The maximum Gasteiger partial charge on any atom is 0.155 e. The van der Waals surface area contributed by atoms with Crippen LogP contribution in [0.25, 0.3) is 54.9 Å². The number of hydrogen-bond acceptors (Lipinski definition) is 6. The van der Waals surface area contributed by atoms with Crippen LogP contribution in [0.2, 0.25) is 0 Å². The van der Waals surface area contributed by atoms with Crippen LogP contribution < -0.4 is 4.74 Å². The minimum Gasteiger partial charge on any atom is -0.491 e. The van der Waals surface area contributed by atoms with Crippen LogP contribution in [0.5, 0.6) is 5.75 Å². The predicted octanol–water partition coefficient (Wildman–Crippen LogP) is 5.84. The number of ether oxygens (including phenoxy) is 1. The molecule has 35 heavy (non-hydrogen) atoms. The molecule has 0 fully saturated rings. The summed E-state index contributed by atoms with van der Waals surface area (Å²) in [7, 11) is 4.05. The number of nitrogens with one attached hydrogen (secondary N) is 2. The number of rotatable bonds is 7. The molecule has 174 valence electrons. The van der Waals surface area contributed by atoms with Gasteiger partial charge in [-0.3, -0.25) is 10.1 Å². The second kappa shape index (κ2) is 8.98. The standard InChI is InChI=1S/C27H24N6OS/c1-33(2)8-9-34-19-11-17(14-28-16-19)18-12-22-26(31-32-27(22)29-15-18)24-13-21-20(25-7-4-10-35-25)5-3-6-23(21)30-24/h3-7,10-16,30H,8-9H2,1-2H3,(H,29,31,32). The Morgan fingerprint density at radius 2 is 1.89 bits per heavy atom. The maximum atomic E-state index is 5.87. The van der Waals surface area contributed by atoms with Crippen LogP contribution in [0.1, 0.15) is 0 Å². The second-order valence-electron chi connectivity index (χ2n) is 8.68. The summed E-state index contributed by atoms with van der Waals surface area (Å²) in [5.74, 6) is 0.744. The van der Waals surface area contributed by atoms with Crippen LogP contribution >= 0.6 is 11.3 Å². The van der Waals surface area contributed by atoms with Crippen molar-refractivity contribution >= 4 is 33.3 Å². The van der Waals surface area contributed by atoms with E-state index >= 15 is 0 Å². The van der Waals surface area contributed by atoms with Crippen LogP contribution in [0.3, 0.4) is 0 Å². The first kappa shape index (κ1) is 21.5. The monoisotopic (exact) mass is 480 g/mol. The minimum absolute atomic E-state index is 0.606. The highest BCUT2D eigenvalue weighted by Crippen LogP contribution is 2.36. The predicted molar refractivity (Wildman–Crippen MR) is 142 cm³/mol. The molecule has 5 heterocycles. The van der Waals surface area contributed by atoms with Crippen molar-refractivity contribution in [3.05, 3.63) is 72.5 Å². The number of aromatic amines is 2. The number of H-pyrrole nitrogens is 2. The molecule has 0 radical (unpaired) electrons. The molecule has 0 aliphatic carbocycles. The normalized spacial score (nSPS) is 11.6. The van der Waals surface area contributed by atoms with Gasteiger partial charge in [0, 0.05) is 56.8 Å². The molecule has 0 unspecified atom stereocenters. The van der Waals surface area contributed by atoms with E-state index in [1.165, 1.54) is 15.8 Å². The highest BCUT2D eigenvalue weighted by molar-refractivity contribution is 7.13. The quantitative estimate of drug-likeness (QED) is 0.300. The van der Waals surface area contributed by atoms with E-state index in [1.807, 2.05) is 32.6 Å². The number of likely N-dealkylation sites (N-methyl/N-ethyl adjacent to an activating group) is 1. The van der Waals surface area contributed by atoms with Crippen molar-refractivity contribution in [3.63, 3.8) is 0 Å². The van der Waals surface area contributed by atoms with E-state index in [2.05, 4.69) is 77.9 Å². The van der Waals surface area contributed by atoms with E-state index in [9.17, 15) is 0 Å². The van der Waals surface area contributed by atoms with Crippen molar-refractivity contribution in [2.24, 2.45) is 0 Å². The van der Waals surface area contributed by atoms with Crippen molar-refractivity contribution in [2.75, 3.05) is 27.2 Å². The Morgan fingerprint density at radius 3 is 2.74 bits per heavy atom. The first-order valence-electron chi connectivity index (χ1n) is 11.4. The van der Waals surface area contributed by atoms with Crippen LogP contribution in [0.15, 0.2) is 72.5 Å². The van der Waals surface area contributed by atoms with Gasteiger partial charge in [-0.15, -0.1) is 11.3 Å². The molecule has 2 N–H and O–H groups in total. The van der Waals surface area contributed by atoms with E-state index in [1.54, 1.807) is 17.5 Å². The molecule has 0 saturated heterocycles. The van der Waals surface area contributed by atoms with E-state index in [-0.39, 0.29) is 0 Å². The average Bonchev–Trinajstić information content (AvgIpc) is 3.62. The van der Waals surface area contributed by atoms with Crippen LogP contribution in [-0.4, -0.2) is 57.3 Å². The number of pyridine rings is 2. The first-order valence-corrected chi connectivity index (χ1v) is 12.3. The molecule has 7 nitrogen and oxygen atoms in total. The molecule has 0 bridgehead atoms. The molecule has 1 aromatic carbocycles. The zero-order valence-corrected chi connectivity index (χ0v) is 20.3. The van der Waals surface area contributed by atoms with Gasteiger partial charge in [-0.05, 0) is 49.8 Å². The van der Waals surface area contributed by atoms with Crippen molar-refractivity contribution < 1.29 is 4.74 Å². The number of benzene rings is 1. The van der Waals surface area contributed by atoms with Gasteiger partial charge >= 0.3 is 0 Å². The number of hydrogen-bond donors (Lipinski definition) is 2. The molecule has 0 saturated carbocycles. The van der Waals surface area contributed by atoms with E-state index < -0.39 is 0 Å². The smallest absolute Gasteiger partial charge is 0.155 e. The van der Waals surface area contributed by atoms with Crippen molar-refractivity contribution in [3.8, 4) is 38.7 Å². The van der Waals surface area contributed by atoms with Gasteiger partial charge in [0.1, 0.15) is 18.1 Å². The number of fused-ring (bicyclic) bond motifs is 2. The van der Waals surface area contributed by atoms with Crippen LogP contribution in [0, 0.1) is 0 Å². The van der Waals surface area contributed by atoms with Gasteiger partial charge < -0.3 is 14.6 Å². The molecule has 0 spiro atoms. The number of nitrogens with zero attached hydrogens (tertiary/aromatic N) is 4. The third-order valence-electron chi connectivity index (χ3n) is 5.98. The van der Waals surface area contributed by atoms with Crippen LogP contribution in [0.4, 0.5) is 0 Å². The lowest BCUT2D eigenvalue weighted by atomic mass is 10.1. The summed E-state index contributed by atoms with van der Waals surface area (Å²) in [6.07, 6.45) is 5.41. The molecule has 0 atom stereocenters. The highest BCUT2D eigenvalue weighted by Gasteiger charge is 2.15. The summed E-state index contributed by atoms with van der Waals surface area (Å²) < 4.78 is 5.87. The Balaban J connectivity index is 1.38. The molecule has 5 aromatic heterocycles. The first-order chi connectivity index (χ1) is 17.2. The van der Waals surface area contributed by atoms with Gasteiger partial charge in [0.15, 0.2) is 5.65 Å². The summed E-state index contributed by atoms with van der Waals surface area (Å²) in [6, 6.07) is 16.9. The lowest BCUT2D eigenvalue weighted by Crippen LogP contribution is -2.19. The Morgan fingerprint density at radius 1 is 0.971 bits per heavy atom. The molecular weight excluding hydrogens is 456 g/mol. The zero-order valence-electron chi connectivity index (χ0n) is 19.4. The summed E-state index contributed by atoms with van der Waals surface area (Å²) in [5, 5.41) is 11.9. The van der Waals surface area contributed by atoms with Crippen LogP contribution in [-0.2, 0) is 0 Å². The summed E-state index contributed by atoms with van der Waals surface area (Å²) >= 11 is 1.74. The fourth-order valence-corrected chi connectivity index (χ4v) is 4.96. The van der Waals surface area contributed by atoms with Crippen molar-refractivity contribution in [1.82, 2.24) is 30.0 Å². The number of thiophene rings is 1. The topological polar surface area (TPSA) is 82.7 Å². The van der Waals surface area contributed by atoms with Gasteiger partial charge in [-0.1, -0.05) is 18.2 Å². The Bertz CT molecular complexity index is 1620.